The van der Waals surface area contributed by atoms with Crippen LogP contribution in [0.3, 0.4) is 0 Å². The summed E-state index contributed by atoms with van der Waals surface area (Å²) in [6, 6.07) is 11.1. The zero-order valence-corrected chi connectivity index (χ0v) is 13.6. The highest BCUT2D eigenvalue weighted by atomic mass is 16.5. The Bertz CT molecular complexity index is 705. The van der Waals surface area contributed by atoms with Gasteiger partial charge < -0.3 is 9.64 Å². The number of piperidine rings is 1. The van der Waals surface area contributed by atoms with Crippen LogP contribution in [0.5, 0.6) is 5.75 Å². The van der Waals surface area contributed by atoms with E-state index in [0.29, 0.717) is 6.54 Å². The van der Waals surface area contributed by atoms with Crippen LogP contribution >= 0.6 is 0 Å². The van der Waals surface area contributed by atoms with Gasteiger partial charge in [0.25, 0.3) is 5.56 Å². The van der Waals surface area contributed by atoms with E-state index in [2.05, 4.69) is 10.00 Å². The summed E-state index contributed by atoms with van der Waals surface area (Å²) < 4.78 is 6.96. The van der Waals surface area contributed by atoms with E-state index in [1.165, 1.54) is 19.3 Å². The topological polar surface area (TPSA) is 47.4 Å². The Hall–Kier alpha value is -2.14. The van der Waals surface area contributed by atoms with Crippen molar-refractivity contribution < 1.29 is 4.74 Å². The largest absolute Gasteiger partial charge is 0.496 e. The molecule has 23 heavy (non-hydrogen) atoms. The van der Waals surface area contributed by atoms with Crippen molar-refractivity contribution in [3.8, 4) is 17.0 Å². The van der Waals surface area contributed by atoms with Gasteiger partial charge in [-0.05, 0) is 44.1 Å². The first kappa shape index (κ1) is 15.7. The maximum absolute atomic E-state index is 12.1. The van der Waals surface area contributed by atoms with Crippen LogP contribution in [0.2, 0.25) is 0 Å². The lowest BCUT2D eigenvalue weighted by Crippen LogP contribution is -2.35. The van der Waals surface area contributed by atoms with E-state index in [9.17, 15) is 4.79 Å². The highest BCUT2D eigenvalue weighted by molar-refractivity contribution is 5.66. The second kappa shape index (κ2) is 7.42. The van der Waals surface area contributed by atoms with Crippen LogP contribution in [0.15, 0.2) is 41.2 Å². The third-order valence-corrected chi connectivity index (χ3v) is 4.33. The van der Waals surface area contributed by atoms with Crippen molar-refractivity contribution >= 4 is 0 Å². The van der Waals surface area contributed by atoms with Crippen LogP contribution in [0, 0.1) is 0 Å². The summed E-state index contributed by atoms with van der Waals surface area (Å²) in [4.78, 5) is 14.5. The lowest BCUT2D eigenvalue weighted by atomic mass is 10.1. The molecule has 1 aliphatic heterocycles. The molecule has 1 saturated heterocycles. The number of benzene rings is 1. The van der Waals surface area contributed by atoms with E-state index in [-0.39, 0.29) is 5.56 Å². The highest BCUT2D eigenvalue weighted by Gasteiger charge is 2.12. The molecule has 1 aromatic carbocycles. The maximum Gasteiger partial charge on any atom is 0.266 e. The molecule has 1 aromatic heterocycles. The zero-order chi connectivity index (χ0) is 16.1. The molecule has 5 heteroatoms. The van der Waals surface area contributed by atoms with E-state index in [1.54, 1.807) is 23.9 Å². The third-order valence-electron chi connectivity index (χ3n) is 4.33. The SMILES string of the molecule is COc1ccccc1-c1ccc(=O)n(CCN2CCCCC2)n1. The molecule has 0 unspecified atom stereocenters. The molecule has 122 valence electrons. The molecular formula is C18H23N3O2. The quantitative estimate of drug-likeness (QED) is 0.850. The van der Waals surface area contributed by atoms with Crippen molar-refractivity contribution in [2.24, 2.45) is 0 Å². The third kappa shape index (κ3) is 3.79. The molecular weight excluding hydrogens is 290 g/mol. The number of rotatable bonds is 5. The second-order valence-corrected chi connectivity index (χ2v) is 5.88. The highest BCUT2D eigenvalue weighted by Crippen LogP contribution is 2.27. The number of hydrogen-bond acceptors (Lipinski definition) is 4. The lowest BCUT2D eigenvalue weighted by Gasteiger charge is -2.26. The molecule has 2 aromatic rings. The van der Waals surface area contributed by atoms with Gasteiger partial charge in [-0.3, -0.25) is 4.79 Å². The number of nitrogens with zero attached hydrogens (tertiary/aromatic N) is 3. The summed E-state index contributed by atoms with van der Waals surface area (Å²) in [6.45, 7) is 3.76. The molecule has 1 aliphatic rings. The molecule has 0 atom stereocenters. The summed E-state index contributed by atoms with van der Waals surface area (Å²) in [5, 5.41) is 4.53. The molecule has 3 rings (SSSR count). The lowest BCUT2D eigenvalue weighted by molar-refractivity contribution is 0.216. The fourth-order valence-corrected chi connectivity index (χ4v) is 3.03. The molecule has 0 bridgehead atoms. The molecule has 2 heterocycles. The monoisotopic (exact) mass is 313 g/mol. The first-order valence-electron chi connectivity index (χ1n) is 8.22. The van der Waals surface area contributed by atoms with E-state index in [1.807, 2.05) is 24.3 Å². The maximum atomic E-state index is 12.1. The molecule has 1 fully saturated rings. The van der Waals surface area contributed by atoms with Crippen LogP contribution < -0.4 is 10.3 Å². The van der Waals surface area contributed by atoms with Crippen molar-refractivity contribution in [2.75, 3.05) is 26.7 Å². The average molecular weight is 313 g/mol. The molecule has 5 nitrogen and oxygen atoms in total. The predicted molar refractivity (Wildman–Crippen MR) is 90.8 cm³/mol. The van der Waals surface area contributed by atoms with Crippen molar-refractivity contribution in [1.29, 1.82) is 0 Å². The van der Waals surface area contributed by atoms with Crippen LogP contribution in [-0.2, 0) is 6.54 Å². The summed E-state index contributed by atoms with van der Waals surface area (Å²) >= 11 is 0. The van der Waals surface area contributed by atoms with Crippen molar-refractivity contribution in [3.63, 3.8) is 0 Å². The minimum atomic E-state index is -0.0549. The molecule has 0 radical (unpaired) electrons. The van der Waals surface area contributed by atoms with Gasteiger partial charge in [-0.1, -0.05) is 18.6 Å². The van der Waals surface area contributed by atoms with Crippen LogP contribution in [0.1, 0.15) is 19.3 Å². The molecule has 0 spiro atoms. The Kier molecular flexibility index (Phi) is 5.08. The van der Waals surface area contributed by atoms with E-state index in [4.69, 9.17) is 4.74 Å². The minimum Gasteiger partial charge on any atom is -0.496 e. The first-order valence-corrected chi connectivity index (χ1v) is 8.22. The molecule has 0 N–H and O–H groups in total. The Morgan fingerprint density at radius 3 is 2.61 bits per heavy atom. The van der Waals surface area contributed by atoms with Gasteiger partial charge in [0.1, 0.15) is 5.75 Å². The summed E-state index contributed by atoms with van der Waals surface area (Å²) in [5.74, 6) is 0.765. The van der Waals surface area contributed by atoms with Crippen LogP contribution in [0.25, 0.3) is 11.3 Å². The fourth-order valence-electron chi connectivity index (χ4n) is 3.03. The number of para-hydroxylation sites is 1. The first-order chi connectivity index (χ1) is 11.3. The Morgan fingerprint density at radius 2 is 1.83 bits per heavy atom. The number of hydrogen-bond donors (Lipinski definition) is 0. The van der Waals surface area contributed by atoms with E-state index < -0.39 is 0 Å². The van der Waals surface area contributed by atoms with Gasteiger partial charge in [0.2, 0.25) is 0 Å². The van der Waals surface area contributed by atoms with Crippen molar-refractivity contribution in [3.05, 3.63) is 46.8 Å². The van der Waals surface area contributed by atoms with Crippen molar-refractivity contribution in [1.82, 2.24) is 14.7 Å². The predicted octanol–water partition coefficient (Wildman–Crippen LogP) is 2.40. The van der Waals surface area contributed by atoms with Crippen molar-refractivity contribution in [2.45, 2.75) is 25.8 Å². The van der Waals surface area contributed by atoms with Gasteiger partial charge in [-0.25, -0.2) is 4.68 Å². The second-order valence-electron chi connectivity index (χ2n) is 5.88. The minimum absolute atomic E-state index is 0.0549. The van der Waals surface area contributed by atoms with Crippen LogP contribution in [0.4, 0.5) is 0 Å². The smallest absolute Gasteiger partial charge is 0.266 e. The zero-order valence-electron chi connectivity index (χ0n) is 13.6. The summed E-state index contributed by atoms with van der Waals surface area (Å²) in [5.41, 5.74) is 1.61. The Morgan fingerprint density at radius 1 is 1.04 bits per heavy atom. The number of methoxy groups -OCH3 is 1. The van der Waals surface area contributed by atoms with Gasteiger partial charge in [0.15, 0.2) is 0 Å². The number of likely N-dealkylation sites (tertiary alicyclic amines) is 1. The van der Waals surface area contributed by atoms with Gasteiger partial charge in [-0.2, -0.15) is 5.10 Å². The van der Waals surface area contributed by atoms with E-state index >= 15 is 0 Å². The Labute approximate surface area is 136 Å². The Balaban J connectivity index is 1.80. The summed E-state index contributed by atoms with van der Waals surface area (Å²) in [6.07, 6.45) is 3.82. The van der Waals surface area contributed by atoms with Gasteiger partial charge in [0, 0.05) is 18.2 Å². The normalized spacial score (nSPS) is 15.5. The standard InChI is InChI=1S/C18H23N3O2/c1-23-17-8-4-3-7-15(17)16-9-10-18(22)21(19-16)14-13-20-11-5-2-6-12-20/h3-4,7-10H,2,5-6,11-14H2,1H3. The molecule has 0 amide bonds. The van der Waals surface area contributed by atoms with Gasteiger partial charge in [0.05, 0.1) is 19.3 Å². The average Bonchev–Trinajstić information content (AvgIpc) is 2.62. The van der Waals surface area contributed by atoms with Crippen LogP contribution in [-0.4, -0.2) is 41.4 Å². The fraction of sp³-hybridized carbons (Fsp3) is 0.444. The number of ether oxygens (including phenoxy) is 1. The number of aromatic nitrogens is 2. The van der Waals surface area contributed by atoms with Gasteiger partial charge in [-0.15, -0.1) is 0 Å². The van der Waals surface area contributed by atoms with Gasteiger partial charge >= 0.3 is 0 Å². The molecule has 0 aliphatic carbocycles. The van der Waals surface area contributed by atoms with E-state index in [0.717, 1.165) is 36.6 Å². The molecule has 0 saturated carbocycles. The summed E-state index contributed by atoms with van der Waals surface area (Å²) in [7, 11) is 1.64.